The van der Waals surface area contributed by atoms with Gasteiger partial charge >= 0.3 is 5.97 Å². The van der Waals surface area contributed by atoms with Crippen molar-refractivity contribution in [1.82, 2.24) is 0 Å². The highest BCUT2D eigenvalue weighted by Gasteiger charge is 2.28. The third-order valence-electron chi connectivity index (χ3n) is 1.74. The number of hydrogen-bond acceptors (Lipinski definition) is 4. The van der Waals surface area contributed by atoms with Gasteiger partial charge in [0.1, 0.15) is 5.92 Å². The quantitative estimate of drug-likeness (QED) is 0.369. The molecule has 0 spiro atoms. The minimum Gasteiger partial charge on any atom is -0.466 e. The number of carbonyl (C=O) groups is 1. The third-order valence-corrected chi connectivity index (χ3v) is 1.74. The number of hydrogen-bond donors (Lipinski definition) is 0. The van der Waals surface area contributed by atoms with E-state index in [9.17, 15) is 14.9 Å². The summed E-state index contributed by atoms with van der Waals surface area (Å²) in [6.07, 6.45) is 0. The van der Waals surface area contributed by atoms with E-state index in [0.717, 1.165) is 0 Å². The van der Waals surface area contributed by atoms with Crippen LogP contribution in [0.1, 0.15) is 20.8 Å². The summed E-state index contributed by atoms with van der Waals surface area (Å²) >= 11 is 0. The molecule has 0 N–H and O–H groups in total. The Morgan fingerprint density at radius 1 is 1.54 bits per heavy atom. The van der Waals surface area contributed by atoms with Gasteiger partial charge in [-0.15, -0.1) is 0 Å². The van der Waals surface area contributed by atoms with Crippen LogP contribution in [-0.4, -0.2) is 24.0 Å². The maximum atomic E-state index is 11.2. The molecule has 0 fully saturated rings. The Labute approximate surface area is 77.2 Å². The monoisotopic (exact) mass is 189 g/mol. The molecule has 0 saturated heterocycles. The Hall–Kier alpha value is -1.13. The lowest BCUT2D eigenvalue weighted by atomic mass is 9.96. The molecule has 0 aliphatic rings. The van der Waals surface area contributed by atoms with Gasteiger partial charge in [0.15, 0.2) is 0 Å². The summed E-state index contributed by atoms with van der Waals surface area (Å²) in [4.78, 5) is 20.9. The first-order valence-corrected chi connectivity index (χ1v) is 4.27. The molecule has 5 heteroatoms. The van der Waals surface area contributed by atoms with Crippen molar-refractivity contribution in [3.8, 4) is 0 Å². The number of carbonyl (C=O) groups excluding carboxylic acids is 1. The fourth-order valence-electron chi connectivity index (χ4n) is 0.967. The first-order valence-electron chi connectivity index (χ1n) is 4.27. The molecule has 5 nitrogen and oxygen atoms in total. The van der Waals surface area contributed by atoms with E-state index in [2.05, 4.69) is 0 Å². The second kappa shape index (κ2) is 5.50. The second-order valence-corrected chi connectivity index (χ2v) is 3.12. The molecule has 76 valence electrons. The van der Waals surface area contributed by atoms with Gasteiger partial charge < -0.3 is 4.74 Å². The second-order valence-electron chi connectivity index (χ2n) is 3.12. The molecule has 1 atom stereocenters. The van der Waals surface area contributed by atoms with Crippen LogP contribution < -0.4 is 0 Å². The highest BCUT2D eigenvalue weighted by atomic mass is 16.6. The minimum absolute atomic E-state index is 0.0653. The summed E-state index contributed by atoms with van der Waals surface area (Å²) in [5.41, 5.74) is 0. The molecule has 0 aliphatic carbocycles. The van der Waals surface area contributed by atoms with E-state index < -0.39 is 16.8 Å². The maximum absolute atomic E-state index is 11.2. The van der Waals surface area contributed by atoms with Crippen molar-refractivity contribution in [1.29, 1.82) is 0 Å². The zero-order chi connectivity index (χ0) is 10.4. The number of esters is 1. The maximum Gasteiger partial charge on any atom is 0.315 e. The fraction of sp³-hybridized carbons (Fsp3) is 0.875. The summed E-state index contributed by atoms with van der Waals surface area (Å²) in [5, 5.41) is 10.2. The van der Waals surface area contributed by atoms with Crippen LogP contribution in [0.15, 0.2) is 0 Å². The molecule has 0 aromatic rings. The molecule has 0 aliphatic heterocycles. The number of nitro groups is 1. The first-order chi connectivity index (χ1) is 5.99. The largest absolute Gasteiger partial charge is 0.466 e. The Kier molecular flexibility index (Phi) is 5.03. The highest BCUT2D eigenvalue weighted by Crippen LogP contribution is 2.12. The minimum atomic E-state index is -0.630. The lowest BCUT2D eigenvalue weighted by Crippen LogP contribution is -2.29. The van der Waals surface area contributed by atoms with Gasteiger partial charge in [-0.3, -0.25) is 14.9 Å². The van der Waals surface area contributed by atoms with Crippen molar-refractivity contribution in [3.05, 3.63) is 10.1 Å². The Morgan fingerprint density at radius 3 is 2.38 bits per heavy atom. The van der Waals surface area contributed by atoms with Gasteiger partial charge in [0, 0.05) is 4.92 Å². The fourth-order valence-corrected chi connectivity index (χ4v) is 0.967. The zero-order valence-corrected chi connectivity index (χ0v) is 8.15. The summed E-state index contributed by atoms with van der Waals surface area (Å²) in [6.45, 7) is 5.13. The topological polar surface area (TPSA) is 69.4 Å². The van der Waals surface area contributed by atoms with Gasteiger partial charge in [-0.1, -0.05) is 13.8 Å². The van der Waals surface area contributed by atoms with Crippen LogP contribution in [0.2, 0.25) is 0 Å². The lowest BCUT2D eigenvalue weighted by Gasteiger charge is -2.14. The van der Waals surface area contributed by atoms with Crippen LogP contribution in [0.5, 0.6) is 0 Å². The van der Waals surface area contributed by atoms with Crippen LogP contribution in [0.25, 0.3) is 0 Å². The van der Waals surface area contributed by atoms with E-state index in [-0.39, 0.29) is 19.1 Å². The first kappa shape index (κ1) is 11.9. The standard InChI is InChI=1S/C8H15NO4/c1-4-13-8(10)7(6(2)3)5-9(11)12/h6-7H,4-5H2,1-3H3/t7-/m1/s1. The zero-order valence-electron chi connectivity index (χ0n) is 8.15. The van der Waals surface area contributed by atoms with Crippen molar-refractivity contribution >= 4 is 5.97 Å². The van der Waals surface area contributed by atoms with E-state index in [1.165, 1.54) is 0 Å². The van der Waals surface area contributed by atoms with Gasteiger partial charge in [0.2, 0.25) is 6.54 Å². The molecule has 0 aromatic carbocycles. The molecule has 0 radical (unpaired) electrons. The van der Waals surface area contributed by atoms with E-state index in [1.54, 1.807) is 20.8 Å². The average Bonchev–Trinajstić information content (AvgIpc) is 1.99. The molecule has 0 saturated carbocycles. The van der Waals surface area contributed by atoms with Crippen molar-refractivity contribution in [2.75, 3.05) is 13.2 Å². The van der Waals surface area contributed by atoms with Gasteiger partial charge in [-0.2, -0.15) is 0 Å². The molecular formula is C8H15NO4. The van der Waals surface area contributed by atoms with Crippen molar-refractivity contribution in [3.63, 3.8) is 0 Å². The Morgan fingerprint density at radius 2 is 2.08 bits per heavy atom. The van der Waals surface area contributed by atoms with Gasteiger partial charge in [-0.25, -0.2) is 0 Å². The Bertz CT molecular complexity index is 191. The van der Waals surface area contributed by atoms with E-state index >= 15 is 0 Å². The predicted molar refractivity (Wildman–Crippen MR) is 46.8 cm³/mol. The summed E-state index contributed by atoms with van der Waals surface area (Å²) in [5.74, 6) is -1.17. The van der Waals surface area contributed by atoms with Gasteiger partial charge in [0.05, 0.1) is 6.61 Å². The molecule has 13 heavy (non-hydrogen) atoms. The van der Waals surface area contributed by atoms with Crippen LogP contribution in [0.4, 0.5) is 0 Å². The van der Waals surface area contributed by atoms with Crippen LogP contribution in [0, 0.1) is 22.0 Å². The molecule has 0 aromatic heterocycles. The van der Waals surface area contributed by atoms with Crippen molar-refractivity contribution < 1.29 is 14.5 Å². The smallest absolute Gasteiger partial charge is 0.315 e. The number of nitrogens with zero attached hydrogens (tertiary/aromatic N) is 1. The number of ether oxygens (including phenoxy) is 1. The Balaban J connectivity index is 4.24. The molecule has 0 heterocycles. The molecule has 0 bridgehead atoms. The van der Waals surface area contributed by atoms with Crippen LogP contribution >= 0.6 is 0 Å². The van der Waals surface area contributed by atoms with Crippen molar-refractivity contribution in [2.45, 2.75) is 20.8 Å². The van der Waals surface area contributed by atoms with Gasteiger partial charge in [0.25, 0.3) is 0 Å². The summed E-state index contributed by atoms with van der Waals surface area (Å²) in [6, 6.07) is 0. The van der Waals surface area contributed by atoms with E-state index in [4.69, 9.17) is 4.74 Å². The number of rotatable bonds is 5. The summed E-state index contributed by atoms with van der Waals surface area (Å²) < 4.78 is 4.72. The van der Waals surface area contributed by atoms with Crippen LogP contribution in [0.3, 0.4) is 0 Å². The normalized spacial score (nSPS) is 12.6. The summed E-state index contributed by atoms with van der Waals surface area (Å²) in [7, 11) is 0. The predicted octanol–water partition coefficient (Wildman–Crippen LogP) is 1.10. The molecule has 0 unspecified atom stereocenters. The van der Waals surface area contributed by atoms with Crippen molar-refractivity contribution in [2.24, 2.45) is 11.8 Å². The highest BCUT2D eigenvalue weighted by molar-refractivity contribution is 5.72. The van der Waals surface area contributed by atoms with Gasteiger partial charge in [-0.05, 0) is 12.8 Å². The SMILES string of the molecule is CCOC(=O)[C@H](C[N+](=O)[O-])C(C)C. The average molecular weight is 189 g/mol. The van der Waals surface area contributed by atoms with E-state index in [0.29, 0.717) is 0 Å². The van der Waals surface area contributed by atoms with E-state index in [1.807, 2.05) is 0 Å². The van der Waals surface area contributed by atoms with Crippen LogP contribution in [-0.2, 0) is 9.53 Å². The lowest BCUT2D eigenvalue weighted by molar-refractivity contribution is -0.487. The third kappa shape index (κ3) is 4.45. The molecular weight excluding hydrogens is 174 g/mol. The molecule has 0 rings (SSSR count). The molecule has 0 amide bonds.